The predicted octanol–water partition coefficient (Wildman–Crippen LogP) is 3.16. The van der Waals surface area contributed by atoms with E-state index in [1.54, 1.807) is 43.3 Å². The monoisotopic (exact) mass is 398 g/mol. The first kappa shape index (κ1) is 18.0. The Morgan fingerprint density at radius 1 is 1.29 bits per heavy atom. The first-order valence-electron chi connectivity index (χ1n) is 8.35. The highest BCUT2D eigenvalue weighted by molar-refractivity contribution is 6.30. The van der Waals surface area contributed by atoms with E-state index in [1.807, 2.05) is 0 Å². The number of benzene rings is 2. The van der Waals surface area contributed by atoms with Gasteiger partial charge in [0.15, 0.2) is 5.69 Å². The van der Waals surface area contributed by atoms with Gasteiger partial charge in [-0.2, -0.15) is 0 Å². The maximum absolute atomic E-state index is 12.7. The summed E-state index contributed by atoms with van der Waals surface area (Å²) >= 11 is 6.08. The molecule has 0 spiro atoms. The van der Waals surface area contributed by atoms with Crippen LogP contribution in [-0.4, -0.2) is 34.0 Å². The lowest BCUT2D eigenvalue weighted by molar-refractivity contribution is 0.0535. The summed E-state index contributed by atoms with van der Waals surface area (Å²) in [7, 11) is 1.53. The first-order valence-corrected chi connectivity index (χ1v) is 8.73. The molecule has 1 aliphatic rings. The Labute approximate surface area is 165 Å². The van der Waals surface area contributed by atoms with Crippen molar-refractivity contribution in [3.63, 3.8) is 0 Å². The number of halogens is 1. The number of ether oxygens (including phenoxy) is 2. The summed E-state index contributed by atoms with van der Waals surface area (Å²) < 4.78 is 11.8. The highest BCUT2D eigenvalue weighted by Crippen LogP contribution is 2.28. The molecule has 4 rings (SSSR count). The summed E-state index contributed by atoms with van der Waals surface area (Å²) in [5.41, 5.74) is 2.93. The number of rotatable bonds is 4. The van der Waals surface area contributed by atoms with Gasteiger partial charge in [-0.25, -0.2) is 9.48 Å². The van der Waals surface area contributed by atoms with Crippen LogP contribution in [0, 0.1) is 6.92 Å². The van der Waals surface area contributed by atoms with Gasteiger partial charge in [-0.05, 0) is 37.3 Å². The standard InChI is InChI=1S/C19H15ClN4O4/c1-10-17(22-23-24(10)15-7-12(20)4-6-16(15)27-2)18(25)21-13-5-3-11-9-28-19(26)14(11)8-13/h3-8H,9H2,1-2H3,(H,21,25). The van der Waals surface area contributed by atoms with Crippen LogP contribution in [0.4, 0.5) is 5.69 Å². The molecule has 2 heterocycles. The van der Waals surface area contributed by atoms with E-state index in [0.717, 1.165) is 5.56 Å². The molecule has 0 atom stereocenters. The SMILES string of the molecule is COc1ccc(Cl)cc1-n1nnc(C(=O)Nc2ccc3c(c2)C(=O)OC3)c1C. The van der Waals surface area contributed by atoms with Gasteiger partial charge in [-0.1, -0.05) is 22.9 Å². The number of esters is 1. The number of carbonyl (C=O) groups excluding carboxylic acids is 2. The smallest absolute Gasteiger partial charge is 0.338 e. The Kier molecular flexibility index (Phi) is 4.48. The van der Waals surface area contributed by atoms with Crippen LogP contribution in [0.25, 0.3) is 5.69 Å². The molecule has 1 aliphatic heterocycles. The number of nitrogens with one attached hydrogen (secondary N) is 1. The number of carbonyl (C=O) groups is 2. The largest absolute Gasteiger partial charge is 0.494 e. The maximum atomic E-state index is 12.7. The zero-order valence-electron chi connectivity index (χ0n) is 15.0. The second kappa shape index (κ2) is 6.97. The van der Waals surface area contributed by atoms with Crippen molar-refractivity contribution in [3.05, 3.63) is 63.9 Å². The fourth-order valence-electron chi connectivity index (χ4n) is 2.98. The van der Waals surface area contributed by atoms with E-state index in [4.69, 9.17) is 21.1 Å². The number of anilines is 1. The summed E-state index contributed by atoms with van der Waals surface area (Å²) in [5, 5.41) is 11.3. The number of cyclic esters (lactones) is 1. The molecule has 3 aromatic rings. The maximum Gasteiger partial charge on any atom is 0.338 e. The molecule has 8 nitrogen and oxygen atoms in total. The third-order valence-electron chi connectivity index (χ3n) is 4.43. The van der Waals surface area contributed by atoms with Crippen molar-refractivity contribution < 1.29 is 19.1 Å². The second-order valence-corrected chi connectivity index (χ2v) is 6.59. The van der Waals surface area contributed by atoms with Crippen LogP contribution in [0.15, 0.2) is 36.4 Å². The Hall–Kier alpha value is -3.39. The molecule has 2 aromatic carbocycles. The van der Waals surface area contributed by atoms with Crippen LogP contribution in [0.2, 0.25) is 5.02 Å². The summed E-state index contributed by atoms with van der Waals surface area (Å²) in [6.07, 6.45) is 0. The van der Waals surface area contributed by atoms with E-state index in [2.05, 4.69) is 15.6 Å². The van der Waals surface area contributed by atoms with E-state index in [-0.39, 0.29) is 12.3 Å². The van der Waals surface area contributed by atoms with Gasteiger partial charge in [0.05, 0.1) is 18.4 Å². The number of aromatic nitrogens is 3. The van der Waals surface area contributed by atoms with Crippen molar-refractivity contribution >= 4 is 29.2 Å². The Morgan fingerprint density at radius 2 is 2.11 bits per heavy atom. The molecule has 0 bridgehead atoms. The zero-order chi connectivity index (χ0) is 19.8. The third kappa shape index (κ3) is 3.07. The van der Waals surface area contributed by atoms with E-state index in [1.165, 1.54) is 11.8 Å². The fourth-order valence-corrected chi connectivity index (χ4v) is 3.14. The lowest BCUT2D eigenvalue weighted by atomic mass is 10.1. The minimum absolute atomic E-state index is 0.144. The van der Waals surface area contributed by atoms with Crippen LogP contribution >= 0.6 is 11.6 Å². The molecule has 0 unspecified atom stereocenters. The van der Waals surface area contributed by atoms with Gasteiger partial charge in [-0.3, -0.25) is 4.79 Å². The van der Waals surface area contributed by atoms with Gasteiger partial charge in [0.25, 0.3) is 5.91 Å². The zero-order valence-corrected chi connectivity index (χ0v) is 15.8. The molecular formula is C19H15ClN4O4. The molecule has 142 valence electrons. The number of amides is 1. The van der Waals surface area contributed by atoms with Crippen molar-refractivity contribution in [1.82, 2.24) is 15.0 Å². The quantitative estimate of drug-likeness (QED) is 0.678. The van der Waals surface area contributed by atoms with Crippen LogP contribution < -0.4 is 10.1 Å². The van der Waals surface area contributed by atoms with E-state index < -0.39 is 11.9 Å². The number of fused-ring (bicyclic) bond motifs is 1. The number of hydrogen-bond acceptors (Lipinski definition) is 6. The average molecular weight is 399 g/mol. The van der Waals surface area contributed by atoms with E-state index >= 15 is 0 Å². The van der Waals surface area contributed by atoms with Crippen molar-refractivity contribution in [1.29, 1.82) is 0 Å². The van der Waals surface area contributed by atoms with Crippen LogP contribution in [0.3, 0.4) is 0 Å². The van der Waals surface area contributed by atoms with Gasteiger partial charge in [-0.15, -0.1) is 5.10 Å². The highest BCUT2D eigenvalue weighted by atomic mass is 35.5. The summed E-state index contributed by atoms with van der Waals surface area (Å²) in [5.74, 6) is -0.307. The second-order valence-electron chi connectivity index (χ2n) is 6.15. The van der Waals surface area contributed by atoms with E-state index in [0.29, 0.717) is 33.4 Å². The summed E-state index contributed by atoms with van der Waals surface area (Å²) in [6.45, 7) is 1.96. The van der Waals surface area contributed by atoms with Gasteiger partial charge in [0.2, 0.25) is 0 Å². The molecule has 0 aliphatic carbocycles. The van der Waals surface area contributed by atoms with Crippen LogP contribution in [0.5, 0.6) is 5.75 Å². The van der Waals surface area contributed by atoms with Gasteiger partial charge in [0.1, 0.15) is 18.0 Å². The van der Waals surface area contributed by atoms with Gasteiger partial charge < -0.3 is 14.8 Å². The molecule has 1 aromatic heterocycles. The first-order chi connectivity index (χ1) is 13.5. The lowest BCUT2D eigenvalue weighted by Gasteiger charge is -2.10. The summed E-state index contributed by atoms with van der Waals surface area (Å²) in [6, 6.07) is 10.1. The van der Waals surface area contributed by atoms with Crippen molar-refractivity contribution in [2.45, 2.75) is 13.5 Å². The van der Waals surface area contributed by atoms with Crippen molar-refractivity contribution in [2.24, 2.45) is 0 Å². The fraction of sp³-hybridized carbons (Fsp3) is 0.158. The van der Waals surface area contributed by atoms with Crippen molar-refractivity contribution in [2.75, 3.05) is 12.4 Å². The number of hydrogen-bond donors (Lipinski definition) is 1. The molecule has 1 N–H and O–H groups in total. The topological polar surface area (TPSA) is 95.3 Å². The molecule has 1 amide bonds. The van der Waals surface area contributed by atoms with Gasteiger partial charge in [0, 0.05) is 16.3 Å². The molecule has 0 radical (unpaired) electrons. The Bertz CT molecular complexity index is 1110. The molecule has 28 heavy (non-hydrogen) atoms. The molecule has 0 saturated heterocycles. The van der Waals surface area contributed by atoms with E-state index in [9.17, 15) is 9.59 Å². The molecular weight excluding hydrogens is 384 g/mol. The third-order valence-corrected chi connectivity index (χ3v) is 4.66. The normalized spacial score (nSPS) is 12.5. The number of nitrogens with zero attached hydrogens (tertiary/aromatic N) is 3. The molecule has 0 saturated carbocycles. The Morgan fingerprint density at radius 3 is 2.89 bits per heavy atom. The van der Waals surface area contributed by atoms with Crippen molar-refractivity contribution in [3.8, 4) is 11.4 Å². The van der Waals surface area contributed by atoms with Crippen LogP contribution in [-0.2, 0) is 11.3 Å². The number of methoxy groups -OCH3 is 1. The Balaban J connectivity index is 1.63. The van der Waals surface area contributed by atoms with Gasteiger partial charge >= 0.3 is 5.97 Å². The molecule has 9 heteroatoms. The lowest BCUT2D eigenvalue weighted by Crippen LogP contribution is -2.14. The predicted molar refractivity (Wildman–Crippen MR) is 101 cm³/mol. The average Bonchev–Trinajstić information content (AvgIpc) is 3.24. The van der Waals surface area contributed by atoms with Crippen LogP contribution in [0.1, 0.15) is 32.1 Å². The summed E-state index contributed by atoms with van der Waals surface area (Å²) in [4.78, 5) is 24.4. The highest BCUT2D eigenvalue weighted by Gasteiger charge is 2.23. The minimum atomic E-state index is -0.448. The minimum Gasteiger partial charge on any atom is -0.494 e. The molecule has 0 fully saturated rings.